The number of nitrogens with zero attached hydrogens (tertiary/aromatic N) is 3. The van der Waals surface area contributed by atoms with Gasteiger partial charge in [0.05, 0.1) is 10.8 Å². The van der Waals surface area contributed by atoms with Crippen molar-refractivity contribution in [2.75, 3.05) is 13.1 Å². The molecule has 0 radical (unpaired) electrons. The maximum absolute atomic E-state index is 10.9. The van der Waals surface area contributed by atoms with Crippen molar-refractivity contribution in [1.29, 1.82) is 0 Å². The van der Waals surface area contributed by atoms with E-state index < -0.39 is 5.97 Å². The zero-order valence-electron chi connectivity index (χ0n) is 16.0. The molecule has 0 bridgehead atoms. The predicted molar refractivity (Wildman–Crippen MR) is 108 cm³/mol. The van der Waals surface area contributed by atoms with Gasteiger partial charge in [-0.3, -0.25) is 9.69 Å². The lowest BCUT2D eigenvalue weighted by Crippen LogP contribution is -2.49. The molecule has 3 aromatic rings. The number of thiophene rings is 1. The number of carboxylic acids is 1. The van der Waals surface area contributed by atoms with Crippen LogP contribution in [0.5, 0.6) is 0 Å². The molecular weight excluding hydrogens is 374 g/mol. The van der Waals surface area contributed by atoms with E-state index in [9.17, 15) is 4.79 Å². The summed E-state index contributed by atoms with van der Waals surface area (Å²) >= 11 is 1.62. The van der Waals surface area contributed by atoms with Crippen molar-refractivity contribution in [3.8, 4) is 22.2 Å². The molecule has 0 spiro atoms. The van der Waals surface area contributed by atoms with Gasteiger partial charge in [0.1, 0.15) is 0 Å². The standard InChI is InChI=1S/C21H23N3O3S/c1-13(2)9-14-3-5-15(6-4-14)20-22-19(23-27-20)18-8-7-17(28-18)12-24-10-16(11-24)21(25)26/h3-8,13,16H,9-12H2,1-2H3,(H,25,26). The first-order chi connectivity index (χ1) is 13.5. The van der Waals surface area contributed by atoms with Gasteiger partial charge in [-0.25, -0.2) is 0 Å². The second kappa shape index (κ2) is 7.85. The Morgan fingerprint density at radius 2 is 2.00 bits per heavy atom. The van der Waals surface area contributed by atoms with Gasteiger partial charge < -0.3 is 9.63 Å². The molecular formula is C21H23N3O3S. The molecule has 7 heteroatoms. The summed E-state index contributed by atoms with van der Waals surface area (Å²) in [6.45, 7) is 6.40. The Hall–Kier alpha value is -2.51. The molecule has 1 aliphatic heterocycles. The zero-order chi connectivity index (χ0) is 19.7. The van der Waals surface area contributed by atoms with Crippen LogP contribution in [0.15, 0.2) is 40.9 Å². The van der Waals surface area contributed by atoms with Crippen molar-refractivity contribution in [2.45, 2.75) is 26.8 Å². The van der Waals surface area contributed by atoms with Crippen molar-refractivity contribution in [3.63, 3.8) is 0 Å². The fourth-order valence-electron chi connectivity index (χ4n) is 3.35. The fraction of sp³-hybridized carbons (Fsp3) is 0.381. The van der Waals surface area contributed by atoms with Gasteiger partial charge in [0.2, 0.25) is 5.82 Å². The summed E-state index contributed by atoms with van der Waals surface area (Å²) < 4.78 is 5.46. The number of likely N-dealkylation sites (tertiary alicyclic amines) is 1. The Balaban J connectivity index is 1.41. The quantitative estimate of drug-likeness (QED) is 0.644. The second-order valence-corrected chi connectivity index (χ2v) is 8.88. The van der Waals surface area contributed by atoms with Gasteiger partial charge >= 0.3 is 5.97 Å². The summed E-state index contributed by atoms with van der Waals surface area (Å²) in [6, 6.07) is 12.3. The number of benzene rings is 1. The molecule has 1 saturated heterocycles. The minimum absolute atomic E-state index is 0.230. The minimum atomic E-state index is -0.709. The smallest absolute Gasteiger partial charge is 0.309 e. The normalized spacial score (nSPS) is 15.1. The highest BCUT2D eigenvalue weighted by molar-refractivity contribution is 7.15. The Bertz CT molecular complexity index is 955. The first kappa shape index (κ1) is 18.8. The molecule has 6 nitrogen and oxygen atoms in total. The lowest BCUT2D eigenvalue weighted by molar-refractivity contribution is -0.147. The van der Waals surface area contributed by atoms with Crippen molar-refractivity contribution in [2.24, 2.45) is 11.8 Å². The molecule has 0 aliphatic carbocycles. The third-order valence-electron chi connectivity index (χ3n) is 4.84. The highest BCUT2D eigenvalue weighted by Gasteiger charge is 2.32. The van der Waals surface area contributed by atoms with Gasteiger partial charge in [0.25, 0.3) is 5.89 Å². The number of aromatic nitrogens is 2. The van der Waals surface area contributed by atoms with E-state index in [1.54, 1.807) is 11.3 Å². The number of carboxylic acid groups (broad SMARTS) is 1. The van der Waals surface area contributed by atoms with Gasteiger partial charge in [-0.15, -0.1) is 11.3 Å². The van der Waals surface area contributed by atoms with Crippen LogP contribution in [0.3, 0.4) is 0 Å². The van der Waals surface area contributed by atoms with Crippen molar-refractivity contribution < 1.29 is 14.4 Å². The molecule has 0 saturated carbocycles. The molecule has 1 aliphatic rings. The molecule has 0 atom stereocenters. The van der Waals surface area contributed by atoms with Crippen LogP contribution in [0.1, 0.15) is 24.3 Å². The monoisotopic (exact) mass is 397 g/mol. The number of rotatable bonds is 7. The van der Waals surface area contributed by atoms with Crippen LogP contribution in [0, 0.1) is 11.8 Å². The maximum Gasteiger partial charge on any atom is 0.309 e. The Morgan fingerprint density at radius 1 is 1.25 bits per heavy atom. The number of carbonyl (C=O) groups is 1. The van der Waals surface area contributed by atoms with Crippen molar-refractivity contribution in [3.05, 3.63) is 46.8 Å². The summed E-state index contributed by atoms with van der Waals surface area (Å²) in [4.78, 5) is 19.7. The van der Waals surface area contributed by atoms with E-state index in [0.29, 0.717) is 30.7 Å². The van der Waals surface area contributed by atoms with Crippen LogP contribution < -0.4 is 0 Å². The first-order valence-electron chi connectivity index (χ1n) is 9.45. The number of hydrogen-bond donors (Lipinski definition) is 1. The van der Waals surface area contributed by atoms with Gasteiger partial charge in [0, 0.05) is 30.1 Å². The lowest BCUT2D eigenvalue weighted by atomic mass is 10.0. The highest BCUT2D eigenvalue weighted by Crippen LogP contribution is 2.30. The average molecular weight is 398 g/mol. The summed E-state index contributed by atoms with van der Waals surface area (Å²) in [5.41, 5.74) is 2.22. The fourth-order valence-corrected chi connectivity index (χ4v) is 4.33. The van der Waals surface area contributed by atoms with Gasteiger partial charge in [-0.05, 0) is 42.2 Å². The van der Waals surface area contributed by atoms with E-state index in [0.717, 1.165) is 23.4 Å². The van der Waals surface area contributed by atoms with Gasteiger partial charge in [0.15, 0.2) is 0 Å². The molecule has 28 heavy (non-hydrogen) atoms. The van der Waals surface area contributed by atoms with Crippen molar-refractivity contribution >= 4 is 17.3 Å². The maximum atomic E-state index is 10.9. The topological polar surface area (TPSA) is 79.5 Å². The van der Waals surface area contributed by atoms with E-state index in [1.807, 2.05) is 24.3 Å². The largest absolute Gasteiger partial charge is 0.481 e. The van der Waals surface area contributed by atoms with Crippen LogP contribution in [0.4, 0.5) is 0 Å². The average Bonchev–Trinajstić information content (AvgIpc) is 3.27. The molecule has 1 N–H and O–H groups in total. The van der Waals surface area contributed by atoms with Crippen LogP contribution in [-0.4, -0.2) is 39.2 Å². The zero-order valence-corrected chi connectivity index (χ0v) is 16.8. The van der Waals surface area contributed by atoms with Gasteiger partial charge in [-0.2, -0.15) is 4.98 Å². The van der Waals surface area contributed by atoms with E-state index in [-0.39, 0.29) is 5.92 Å². The van der Waals surface area contributed by atoms with E-state index in [4.69, 9.17) is 9.63 Å². The van der Waals surface area contributed by atoms with Crippen LogP contribution in [0.2, 0.25) is 0 Å². The van der Waals surface area contributed by atoms with Crippen LogP contribution in [0.25, 0.3) is 22.2 Å². The van der Waals surface area contributed by atoms with Crippen LogP contribution in [-0.2, 0) is 17.8 Å². The third-order valence-corrected chi connectivity index (χ3v) is 5.90. The second-order valence-electron chi connectivity index (χ2n) is 7.71. The van der Waals surface area contributed by atoms with Crippen molar-refractivity contribution in [1.82, 2.24) is 15.0 Å². The molecule has 0 amide bonds. The van der Waals surface area contributed by atoms with E-state index in [2.05, 4.69) is 41.0 Å². The summed E-state index contributed by atoms with van der Waals surface area (Å²) in [5, 5.41) is 13.1. The molecule has 0 unspecified atom stereocenters. The number of aliphatic carboxylic acids is 1. The lowest BCUT2D eigenvalue weighted by Gasteiger charge is -2.36. The predicted octanol–water partition coefficient (Wildman–Crippen LogP) is 4.18. The Kier molecular flexibility index (Phi) is 5.28. The summed E-state index contributed by atoms with van der Waals surface area (Å²) in [7, 11) is 0. The molecule has 1 aromatic carbocycles. The molecule has 3 heterocycles. The molecule has 4 rings (SSSR count). The molecule has 146 valence electrons. The van der Waals surface area contributed by atoms with E-state index in [1.165, 1.54) is 10.4 Å². The third kappa shape index (κ3) is 4.15. The first-order valence-corrected chi connectivity index (χ1v) is 10.3. The van der Waals surface area contributed by atoms with E-state index >= 15 is 0 Å². The van der Waals surface area contributed by atoms with Gasteiger partial charge in [-0.1, -0.05) is 31.1 Å². The SMILES string of the molecule is CC(C)Cc1ccc(-c2nc(-c3ccc(CN4CC(C(=O)O)C4)s3)no2)cc1. The molecule has 1 fully saturated rings. The minimum Gasteiger partial charge on any atom is -0.481 e. The summed E-state index contributed by atoms with van der Waals surface area (Å²) in [5.74, 6) is 0.795. The summed E-state index contributed by atoms with van der Waals surface area (Å²) in [6.07, 6.45) is 1.05. The Morgan fingerprint density at radius 3 is 2.68 bits per heavy atom. The number of hydrogen-bond acceptors (Lipinski definition) is 6. The van der Waals surface area contributed by atoms with Crippen LogP contribution >= 0.6 is 11.3 Å². The highest BCUT2D eigenvalue weighted by atomic mass is 32.1. The molecule has 2 aromatic heterocycles. The Labute approximate surface area is 167 Å².